The molecular formula is C12H17FN2O2S. The molecule has 1 fully saturated rings. The highest BCUT2D eigenvalue weighted by atomic mass is 32.2. The molecule has 0 spiro atoms. The van der Waals surface area contributed by atoms with E-state index in [1.807, 2.05) is 0 Å². The monoisotopic (exact) mass is 272 g/mol. The maximum absolute atomic E-state index is 12.8. The molecule has 1 aromatic carbocycles. The SMILES string of the molecule is CN(CC1CCCN1)S(=O)(=O)c1ccc(F)cc1. The van der Waals surface area contributed by atoms with E-state index in [-0.39, 0.29) is 10.9 Å². The summed E-state index contributed by atoms with van der Waals surface area (Å²) in [4.78, 5) is 0.129. The minimum atomic E-state index is -3.52. The Labute approximate surface area is 107 Å². The topological polar surface area (TPSA) is 49.4 Å². The van der Waals surface area contributed by atoms with E-state index in [1.165, 1.54) is 16.4 Å². The molecule has 1 aliphatic heterocycles. The van der Waals surface area contributed by atoms with Gasteiger partial charge in [0.2, 0.25) is 10.0 Å². The van der Waals surface area contributed by atoms with E-state index in [9.17, 15) is 12.8 Å². The minimum Gasteiger partial charge on any atom is -0.313 e. The maximum Gasteiger partial charge on any atom is 0.242 e. The number of halogens is 1. The number of hydrogen-bond donors (Lipinski definition) is 1. The Balaban J connectivity index is 2.11. The number of likely N-dealkylation sites (N-methyl/N-ethyl adjacent to an activating group) is 1. The highest BCUT2D eigenvalue weighted by molar-refractivity contribution is 7.89. The van der Waals surface area contributed by atoms with E-state index >= 15 is 0 Å². The second-order valence-electron chi connectivity index (χ2n) is 4.53. The lowest BCUT2D eigenvalue weighted by Gasteiger charge is -2.21. The van der Waals surface area contributed by atoms with Crippen molar-refractivity contribution < 1.29 is 12.8 Å². The molecule has 0 amide bonds. The predicted octanol–water partition coefficient (Wildman–Crippen LogP) is 1.20. The molecule has 1 heterocycles. The smallest absolute Gasteiger partial charge is 0.242 e. The molecule has 1 aliphatic rings. The molecule has 0 aliphatic carbocycles. The van der Waals surface area contributed by atoms with Gasteiger partial charge >= 0.3 is 0 Å². The van der Waals surface area contributed by atoms with Gasteiger partial charge in [0.15, 0.2) is 0 Å². The van der Waals surface area contributed by atoms with E-state index in [2.05, 4.69) is 5.32 Å². The van der Waals surface area contributed by atoms with Crippen LogP contribution in [0, 0.1) is 5.82 Å². The standard InChI is InChI=1S/C12H17FN2O2S/c1-15(9-11-3-2-8-14-11)18(16,17)12-6-4-10(13)5-7-12/h4-7,11,14H,2-3,8-9H2,1H3. The molecular weight excluding hydrogens is 255 g/mol. The van der Waals surface area contributed by atoms with Gasteiger partial charge in [0.1, 0.15) is 5.82 Å². The average Bonchev–Trinajstić information content (AvgIpc) is 2.82. The van der Waals surface area contributed by atoms with Crippen molar-refractivity contribution in [1.29, 1.82) is 0 Å². The van der Waals surface area contributed by atoms with Crippen molar-refractivity contribution >= 4 is 10.0 Å². The average molecular weight is 272 g/mol. The lowest BCUT2D eigenvalue weighted by molar-refractivity contribution is 0.417. The Bertz CT molecular complexity index is 495. The van der Waals surface area contributed by atoms with Crippen LogP contribution in [0.25, 0.3) is 0 Å². The molecule has 18 heavy (non-hydrogen) atoms. The van der Waals surface area contributed by atoms with E-state index in [0.29, 0.717) is 6.54 Å². The molecule has 1 saturated heterocycles. The summed E-state index contributed by atoms with van der Waals surface area (Å²) in [6, 6.07) is 5.13. The molecule has 2 rings (SSSR count). The molecule has 0 aromatic heterocycles. The van der Waals surface area contributed by atoms with Crippen molar-refractivity contribution in [1.82, 2.24) is 9.62 Å². The summed E-state index contributed by atoms with van der Waals surface area (Å²) in [5.41, 5.74) is 0. The van der Waals surface area contributed by atoms with Gasteiger partial charge < -0.3 is 5.32 Å². The fraction of sp³-hybridized carbons (Fsp3) is 0.500. The van der Waals surface area contributed by atoms with E-state index in [0.717, 1.165) is 31.5 Å². The van der Waals surface area contributed by atoms with Gasteiger partial charge in [0, 0.05) is 19.6 Å². The van der Waals surface area contributed by atoms with Crippen LogP contribution in [0.3, 0.4) is 0 Å². The van der Waals surface area contributed by atoms with E-state index in [1.54, 1.807) is 7.05 Å². The third kappa shape index (κ3) is 2.88. The Morgan fingerprint density at radius 3 is 2.61 bits per heavy atom. The van der Waals surface area contributed by atoms with Gasteiger partial charge in [-0.3, -0.25) is 0 Å². The van der Waals surface area contributed by atoms with Crippen molar-refractivity contribution in [3.8, 4) is 0 Å². The normalized spacial score (nSPS) is 20.5. The summed E-state index contributed by atoms with van der Waals surface area (Å²) in [6.45, 7) is 1.38. The molecule has 0 saturated carbocycles. The van der Waals surface area contributed by atoms with Gasteiger partial charge in [-0.25, -0.2) is 12.8 Å². The maximum atomic E-state index is 12.8. The summed E-state index contributed by atoms with van der Waals surface area (Å²) in [5.74, 6) is -0.436. The van der Waals surface area contributed by atoms with Crippen molar-refractivity contribution in [2.24, 2.45) is 0 Å². The number of benzene rings is 1. The number of hydrogen-bond acceptors (Lipinski definition) is 3. The first-order valence-electron chi connectivity index (χ1n) is 5.95. The van der Waals surface area contributed by atoms with Crippen LogP contribution in [0.4, 0.5) is 4.39 Å². The fourth-order valence-corrected chi connectivity index (χ4v) is 3.32. The van der Waals surface area contributed by atoms with Crippen molar-refractivity contribution in [2.75, 3.05) is 20.1 Å². The second kappa shape index (κ2) is 5.34. The number of nitrogens with zero attached hydrogens (tertiary/aromatic N) is 1. The van der Waals surface area contributed by atoms with E-state index in [4.69, 9.17) is 0 Å². The fourth-order valence-electron chi connectivity index (χ4n) is 2.11. The third-order valence-electron chi connectivity index (χ3n) is 3.16. The zero-order valence-corrected chi connectivity index (χ0v) is 11.1. The van der Waals surface area contributed by atoms with Crippen molar-refractivity contribution in [3.05, 3.63) is 30.1 Å². The highest BCUT2D eigenvalue weighted by Gasteiger charge is 2.25. The lowest BCUT2D eigenvalue weighted by Crippen LogP contribution is -2.38. The summed E-state index contributed by atoms with van der Waals surface area (Å²) >= 11 is 0. The summed E-state index contributed by atoms with van der Waals surface area (Å²) < 4.78 is 38.5. The molecule has 0 radical (unpaired) electrons. The van der Waals surface area contributed by atoms with Gasteiger partial charge in [-0.05, 0) is 43.7 Å². The number of rotatable bonds is 4. The number of nitrogens with one attached hydrogen (secondary N) is 1. The zero-order valence-electron chi connectivity index (χ0n) is 10.3. The molecule has 4 nitrogen and oxygen atoms in total. The van der Waals surface area contributed by atoms with Crippen LogP contribution in [0.15, 0.2) is 29.2 Å². The molecule has 1 atom stereocenters. The summed E-state index contributed by atoms with van der Waals surface area (Å²) in [7, 11) is -1.96. The zero-order chi connectivity index (χ0) is 13.2. The Morgan fingerprint density at radius 1 is 1.39 bits per heavy atom. The van der Waals surface area contributed by atoms with Gasteiger partial charge in [-0.1, -0.05) is 0 Å². The second-order valence-corrected chi connectivity index (χ2v) is 6.58. The van der Waals surface area contributed by atoms with Crippen LogP contribution in [0.2, 0.25) is 0 Å². The molecule has 1 aromatic rings. The van der Waals surface area contributed by atoms with Crippen LogP contribution in [-0.2, 0) is 10.0 Å². The van der Waals surface area contributed by atoms with Crippen LogP contribution < -0.4 is 5.32 Å². The molecule has 0 bridgehead atoms. The Morgan fingerprint density at radius 2 is 2.06 bits per heavy atom. The van der Waals surface area contributed by atoms with Gasteiger partial charge in [0.05, 0.1) is 4.90 Å². The van der Waals surface area contributed by atoms with E-state index < -0.39 is 15.8 Å². The van der Waals surface area contributed by atoms with Crippen molar-refractivity contribution in [3.63, 3.8) is 0 Å². The first-order valence-corrected chi connectivity index (χ1v) is 7.39. The predicted molar refractivity (Wildman–Crippen MR) is 67.2 cm³/mol. The molecule has 1 N–H and O–H groups in total. The number of sulfonamides is 1. The third-order valence-corrected chi connectivity index (χ3v) is 5.00. The highest BCUT2D eigenvalue weighted by Crippen LogP contribution is 2.16. The molecule has 100 valence electrons. The van der Waals surface area contributed by atoms with Crippen LogP contribution in [-0.4, -0.2) is 38.9 Å². The van der Waals surface area contributed by atoms with Crippen LogP contribution in [0.1, 0.15) is 12.8 Å². The minimum absolute atomic E-state index is 0.129. The van der Waals surface area contributed by atoms with Crippen LogP contribution in [0.5, 0.6) is 0 Å². The lowest BCUT2D eigenvalue weighted by atomic mass is 10.2. The quantitative estimate of drug-likeness (QED) is 0.896. The Kier molecular flexibility index (Phi) is 3.99. The van der Waals surface area contributed by atoms with Crippen LogP contribution >= 0.6 is 0 Å². The molecule has 1 unspecified atom stereocenters. The van der Waals surface area contributed by atoms with Gasteiger partial charge in [0.25, 0.3) is 0 Å². The van der Waals surface area contributed by atoms with Crippen molar-refractivity contribution in [2.45, 2.75) is 23.8 Å². The van der Waals surface area contributed by atoms with Gasteiger partial charge in [-0.15, -0.1) is 0 Å². The first-order chi connectivity index (χ1) is 8.50. The summed E-state index contributed by atoms with van der Waals surface area (Å²) in [5, 5.41) is 3.25. The van der Waals surface area contributed by atoms with Gasteiger partial charge in [-0.2, -0.15) is 4.31 Å². The largest absolute Gasteiger partial charge is 0.313 e. The Hall–Kier alpha value is -0.980. The first kappa shape index (κ1) is 13.5. The summed E-state index contributed by atoms with van der Waals surface area (Å²) in [6.07, 6.45) is 2.07. The molecule has 6 heteroatoms.